The fourth-order valence-corrected chi connectivity index (χ4v) is 5.31. The lowest BCUT2D eigenvalue weighted by Crippen LogP contribution is -2.44. The molecule has 0 amide bonds. The molecular formula is C25H21Cl2F5N2O5. The number of hydrogen-bond donors (Lipinski definition) is 4. The average molecular weight is 595 g/mol. The van der Waals surface area contributed by atoms with Crippen LogP contribution in [0.3, 0.4) is 0 Å². The van der Waals surface area contributed by atoms with Crippen molar-refractivity contribution in [3.8, 4) is 6.07 Å². The second kappa shape index (κ2) is 11.3. The topological polar surface area (TPSA) is 131 Å². The van der Waals surface area contributed by atoms with Crippen molar-refractivity contribution in [2.45, 2.75) is 48.9 Å². The van der Waals surface area contributed by atoms with Crippen molar-refractivity contribution >= 4 is 35.1 Å². The van der Waals surface area contributed by atoms with Crippen molar-refractivity contribution in [2.75, 3.05) is 6.61 Å². The van der Waals surface area contributed by atoms with E-state index in [9.17, 15) is 33.4 Å². The molecule has 4 N–H and O–H groups in total. The number of hydrogen-bond acceptors (Lipinski definition) is 5. The first kappa shape index (κ1) is 30.6. The minimum Gasteiger partial charge on any atom is -0.480 e. The molecule has 1 saturated heterocycles. The zero-order chi connectivity index (χ0) is 29.3. The fourth-order valence-electron chi connectivity index (χ4n) is 4.97. The predicted molar refractivity (Wildman–Crippen MR) is 128 cm³/mol. The first-order chi connectivity index (χ1) is 18.1. The third-order valence-corrected chi connectivity index (χ3v) is 7.60. The number of benzene rings is 2. The molecule has 0 bridgehead atoms. The summed E-state index contributed by atoms with van der Waals surface area (Å²) in [5, 5.41) is 40.3. The van der Waals surface area contributed by atoms with E-state index < -0.39 is 58.6 Å². The van der Waals surface area contributed by atoms with Crippen LogP contribution >= 0.6 is 23.2 Å². The van der Waals surface area contributed by atoms with E-state index in [1.54, 1.807) is 0 Å². The Kier molecular flexibility index (Phi) is 8.82. The average Bonchev–Trinajstić information content (AvgIpc) is 3.55. The monoisotopic (exact) mass is 594 g/mol. The van der Waals surface area contributed by atoms with E-state index in [-0.39, 0.29) is 34.2 Å². The predicted octanol–water partition coefficient (Wildman–Crippen LogP) is 5.04. The van der Waals surface area contributed by atoms with Crippen LogP contribution in [-0.4, -0.2) is 52.1 Å². The Balaban J connectivity index is 0.000000532. The van der Waals surface area contributed by atoms with Crippen LogP contribution in [0.25, 0.3) is 0 Å². The van der Waals surface area contributed by atoms with Gasteiger partial charge in [-0.2, -0.15) is 18.4 Å². The fraction of sp³-hybridized carbons (Fsp3) is 0.400. The second-order valence-corrected chi connectivity index (χ2v) is 10.3. The SMILES string of the molecule is N#CC1(c2ccc(Cl)cc2F)C(CC2(CO)CC2)NC(C(=O)O)C1c1cccc(Cl)c1F.O=C(O)C(F)(F)F. The minimum atomic E-state index is -5.08. The van der Waals surface area contributed by atoms with Gasteiger partial charge in [-0.1, -0.05) is 41.4 Å². The minimum absolute atomic E-state index is 0.0798. The number of alkyl halides is 3. The van der Waals surface area contributed by atoms with Gasteiger partial charge in [-0.05, 0) is 48.4 Å². The van der Waals surface area contributed by atoms with Gasteiger partial charge in [0, 0.05) is 29.2 Å². The van der Waals surface area contributed by atoms with Crippen LogP contribution < -0.4 is 5.32 Å². The molecule has 1 aliphatic carbocycles. The maximum absolute atomic E-state index is 15.3. The highest BCUT2D eigenvalue weighted by atomic mass is 35.5. The third-order valence-electron chi connectivity index (χ3n) is 7.07. The van der Waals surface area contributed by atoms with Crippen LogP contribution in [-0.2, 0) is 15.0 Å². The lowest BCUT2D eigenvalue weighted by molar-refractivity contribution is -0.192. The van der Waals surface area contributed by atoms with Crippen LogP contribution in [0, 0.1) is 28.4 Å². The van der Waals surface area contributed by atoms with E-state index in [0.717, 1.165) is 6.07 Å². The van der Waals surface area contributed by atoms with E-state index >= 15 is 8.78 Å². The van der Waals surface area contributed by atoms with E-state index in [1.165, 1.54) is 30.3 Å². The van der Waals surface area contributed by atoms with Crippen LogP contribution in [0.15, 0.2) is 36.4 Å². The second-order valence-electron chi connectivity index (χ2n) is 9.43. The molecule has 0 radical (unpaired) electrons. The molecule has 7 nitrogen and oxygen atoms in total. The first-order valence-corrected chi connectivity index (χ1v) is 12.1. The van der Waals surface area contributed by atoms with Crippen molar-refractivity contribution in [3.63, 3.8) is 0 Å². The summed E-state index contributed by atoms with van der Waals surface area (Å²) in [6, 6.07) is 7.84. The van der Waals surface area contributed by atoms with E-state index in [4.69, 9.17) is 33.1 Å². The molecule has 0 spiro atoms. The Morgan fingerprint density at radius 3 is 2.21 bits per heavy atom. The van der Waals surface area contributed by atoms with Crippen LogP contribution in [0.2, 0.25) is 10.0 Å². The molecule has 2 aromatic carbocycles. The largest absolute Gasteiger partial charge is 0.490 e. The van der Waals surface area contributed by atoms with Crippen molar-refractivity contribution in [2.24, 2.45) is 5.41 Å². The lowest BCUT2D eigenvalue weighted by Gasteiger charge is -2.36. The number of carbonyl (C=O) groups is 2. The van der Waals surface area contributed by atoms with Gasteiger partial charge in [0.1, 0.15) is 23.1 Å². The summed E-state index contributed by atoms with van der Waals surface area (Å²) in [6.07, 6.45) is -3.47. The summed E-state index contributed by atoms with van der Waals surface area (Å²) in [4.78, 5) is 21.2. The first-order valence-electron chi connectivity index (χ1n) is 11.3. The van der Waals surface area contributed by atoms with Crippen molar-refractivity contribution in [1.82, 2.24) is 5.32 Å². The summed E-state index contributed by atoms with van der Waals surface area (Å²) < 4.78 is 62.2. The molecule has 210 valence electrons. The number of nitrogens with one attached hydrogen (secondary N) is 1. The molecule has 1 aliphatic heterocycles. The van der Waals surface area contributed by atoms with Gasteiger partial charge in [0.25, 0.3) is 0 Å². The molecule has 39 heavy (non-hydrogen) atoms. The zero-order valence-electron chi connectivity index (χ0n) is 19.8. The Morgan fingerprint density at radius 1 is 1.13 bits per heavy atom. The molecule has 2 aromatic rings. The molecule has 4 rings (SSSR count). The number of aliphatic hydroxyl groups is 1. The lowest BCUT2D eigenvalue weighted by atomic mass is 9.63. The molecule has 2 aliphatic rings. The van der Waals surface area contributed by atoms with Gasteiger partial charge in [-0.15, -0.1) is 0 Å². The van der Waals surface area contributed by atoms with Crippen LogP contribution in [0.4, 0.5) is 22.0 Å². The zero-order valence-corrected chi connectivity index (χ0v) is 21.3. The Bertz CT molecular complexity index is 1310. The number of nitriles is 1. The van der Waals surface area contributed by atoms with Gasteiger partial charge >= 0.3 is 18.1 Å². The van der Waals surface area contributed by atoms with Gasteiger partial charge in [-0.25, -0.2) is 13.6 Å². The van der Waals surface area contributed by atoms with Crippen LogP contribution in [0.5, 0.6) is 0 Å². The Morgan fingerprint density at radius 2 is 1.74 bits per heavy atom. The summed E-state index contributed by atoms with van der Waals surface area (Å²) in [5.74, 6) is -7.01. The van der Waals surface area contributed by atoms with E-state index in [0.29, 0.717) is 12.8 Å². The molecule has 1 heterocycles. The molecular weight excluding hydrogens is 574 g/mol. The number of halogens is 7. The summed E-state index contributed by atoms with van der Waals surface area (Å²) in [6.45, 7) is -0.149. The molecule has 1 saturated carbocycles. The van der Waals surface area contributed by atoms with Crippen molar-refractivity contribution in [1.29, 1.82) is 5.26 Å². The highest BCUT2D eigenvalue weighted by molar-refractivity contribution is 6.31. The maximum atomic E-state index is 15.3. The number of carboxylic acid groups (broad SMARTS) is 2. The van der Waals surface area contributed by atoms with E-state index in [2.05, 4.69) is 11.4 Å². The standard InChI is InChI=1S/C23H20Cl2F2N2O3.C2HF3O2/c24-12-4-5-14(16(26)8-12)23(10-28)17(9-22(11-30)6-7-22)29-20(21(31)32)18(23)13-2-1-3-15(25)19(13)27;3-2(4,5)1(6)7/h1-5,8,17-18,20,29-30H,6-7,9,11H2,(H,31,32);(H,6,7). The van der Waals surface area contributed by atoms with Gasteiger partial charge in [-0.3, -0.25) is 10.1 Å². The Hall–Kier alpha value is -2.98. The number of aliphatic carboxylic acids is 2. The molecule has 14 heteroatoms. The van der Waals surface area contributed by atoms with Crippen LogP contribution in [0.1, 0.15) is 36.3 Å². The highest BCUT2D eigenvalue weighted by Gasteiger charge is 2.63. The third kappa shape index (κ3) is 5.96. The van der Waals surface area contributed by atoms with Gasteiger partial charge in [0.2, 0.25) is 0 Å². The quantitative estimate of drug-likeness (QED) is 0.345. The van der Waals surface area contributed by atoms with Gasteiger partial charge in [0.15, 0.2) is 0 Å². The van der Waals surface area contributed by atoms with Crippen molar-refractivity contribution < 1.29 is 46.9 Å². The summed E-state index contributed by atoms with van der Waals surface area (Å²) >= 11 is 11.9. The van der Waals surface area contributed by atoms with Gasteiger partial charge in [0.05, 0.1) is 11.1 Å². The smallest absolute Gasteiger partial charge is 0.480 e. The highest BCUT2D eigenvalue weighted by Crippen LogP contribution is 2.57. The maximum Gasteiger partial charge on any atom is 0.490 e. The molecule has 0 aromatic heterocycles. The van der Waals surface area contributed by atoms with E-state index in [1.807, 2.05) is 0 Å². The summed E-state index contributed by atoms with van der Waals surface area (Å²) in [7, 11) is 0. The Labute approximate surface area is 228 Å². The molecule has 2 fully saturated rings. The van der Waals surface area contributed by atoms with Gasteiger partial charge < -0.3 is 15.3 Å². The van der Waals surface area contributed by atoms with Crippen molar-refractivity contribution in [3.05, 3.63) is 69.2 Å². The number of carboxylic acids is 2. The number of nitrogens with zero attached hydrogens (tertiary/aromatic N) is 1. The number of aliphatic hydroxyl groups excluding tert-OH is 1. The summed E-state index contributed by atoms with van der Waals surface area (Å²) in [5.41, 5.74) is -2.46. The normalized spacial score (nSPS) is 25.3. The number of rotatable bonds is 6. The molecule has 4 unspecified atom stereocenters. The molecule has 4 atom stereocenters.